The van der Waals surface area contributed by atoms with Crippen molar-refractivity contribution < 1.29 is 0 Å². The van der Waals surface area contributed by atoms with E-state index in [0.29, 0.717) is 18.0 Å². The molecule has 2 N–H and O–H groups in total. The van der Waals surface area contributed by atoms with E-state index >= 15 is 0 Å². The number of imidazole rings is 2. The molecular formula is C20H17N7. The van der Waals surface area contributed by atoms with Crippen molar-refractivity contribution in [1.82, 2.24) is 29.5 Å². The molecule has 0 aliphatic rings. The maximum atomic E-state index is 4.82. The van der Waals surface area contributed by atoms with Crippen LogP contribution in [0.2, 0.25) is 0 Å². The Kier molecular flexibility index (Phi) is 3.57. The number of aromatic nitrogens is 6. The topological polar surface area (TPSA) is 84.3 Å². The predicted octanol–water partition coefficient (Wildman–Crippen LogP) is 3.61. The summed E-state index contributed by atoms with van der Waals surface area (Å²) in [5.74, 6) is 2.43. The van der Waals surface area contributed by atoms with E-state index in [9.17, 15) is 0 Å². The summed E-state index contributed by atoms with van der Waals surface area (Å²) in [6.07, 6.45) is 1.52. The summed E-state index contributed by atoms with van der Waals surface area (Å²) in [4.78, 5) is 21.0. The lowest BCUT2D eigenvalue weighted by molar-refractivity contribution is 0.911. The molecule has 0 spiro atoms. The minimum absolute atomic E-state index is 0.522. The lowest BCUT2D eigenvalue weighted by atomic mass is 10.3. The Bertz CT molecular complexity index is 1240. The van der Waals surface area contributed by atoms with Crippen LogP contribution < -0.4 is 5.32 Å². The highest BCUT2D eigenvalue weighted by Gasteiger charge is 2.13. The molecule has 3 aromatic heterocycles. The van der Waals surface area contributed by atoms with E-state index in [-0.39, 0.29) is 0 Å². The molecule has 0 unspecified atom stereocenters. The molecule has 2 aromatic carbocycles. The van der Waals surface area contributed by atoms with Crippen LogP contribution in [-0.4, -0.2) is 29.5 Å². The van der Waals surface area contributed by atoms with Crippen LogP contribution >= 0.6 is 0 Å². The summed E-state index contributed by atoms with van der Waals surface area (Å²) >= 11 is 0. The number of nitrogens with zero attached hydrogens (tertiary/aromatic N) is 5. The monoisotopic (exact) mass is 355 g/mol. The number of aromatic amines is 1. The smallest absolute Gasteiger partial charge is 0.183 e. The van der Waals surface area contributed by atoms with Crippen molar-refractivity contribution in [2.75, 3.05) is 5.32 Å². The van der Waals surface area contributed by atoms with Gasteiger partial charge >= 0.3 is 0 Å². The fraction of sp³-hybridized carbons (Fsp3) is 0.100. The molecule has 0 bridgehead atoms. The number of benzene rings is 2. The first-order valence-corrected chi connectivity index (χ1v) is 8.72. The predicted molar refractivity (Wildman–Crippen MR) is 105 cm³/mol. The molecule has 0 saturated heterocycles. The van der Waals surface area contributed by atoms with Crippen molar-refractivity contribution in [3.05, 3.63) is 72.6 Å². The maximum Gasteiger partial charge on any atom is 0.183 e. The first kappa shape index (κ1) is 15.5. The van der Waals surface area contributed by atoms with Gasteiger partial charge in [0.25, 0.3) is 0 Å². The fourth-order valence-electron chi connectivity index (χ4n) is 3.30. The molecule has 7 nitrogen and oxygen atoms in total. The molecule has 0 radical (unpaired) electrons. The average molecular weight is 355 g/mol. The average Bonchev–Trinajstić information content (AvgIpc) is 3.26. The molecule has 132 valence electrons. The first-order chi connectivity index (χ1) is 13.3. The molecule has 27 heavy (non-hydrogen) atoms. The fourth-order valence-corrected chi connectivity index (χ4v) is 3.30. The Morgan fingerprint density at radius 3 is 2.67 bits per heavy atom. The Morgan fingerprint density at radius 1 is 0.963 bits per heavy atom. The molecule has 5 rings (SSSR count). The van der Waals surface area contributed by atoms with E-state index in [1.54, 1.807) is 0 Å². The Balaban J connectivity index is 1.57. The largest absolute Gasteiger partial charge is 0.361 e. The SMILES string of the molecule is Cc1nc2ncnc(NCc3nc4ccccc4n3-c3ccccc3)c2[nH]1. The first-order valence-electron chi connectivity index (χ1n) is 8.72. The number of fused-ring (bicyclic) bond motifs is 2. The maximum absolute atomic E-state index is 4.82. The third-order valence-electron chi connectivity index (χ3n) is 4.47. The quantitative estimate of drug-likeness (QED) is 0.514. The summed E-state index contributed by atoms with van der Waals surface area (Å²) in [6.45, 7) is 2.42. The van der Waals surface area contributed by atoms with Crippen LogP contribution in [0.3, 0.4) is 0 Å². The summed E-state index contributed by atoms with van der Waals surface area (Å²) in [5.41, 5.74) is 4.57. The highest BCUT2D eigenvalue weighted by molar-refractivity contribution is 5.82. The molecule has 0 aliphatic carbocycles. The standard InChI is InChI=1S/C20H17N7/c1-13-24-18-19(22-12-23-20(18)25-13)21-11-17-26-15-9-5-6-10-16(15)27(17)14-7-3-2-4-8-14/h2-10,12H,11H2,1H3,(H2,21,22,23,24,25). The highest BCUT2D eigenvalue weighted by Crippen LogP contribution is 2.23. The van der Waals surface area contributed by atoms with Crippen LogP contribution in [-0.2, 0) is 6.54 Å². The third kappa shape index (κ3) is 2.69. The lowest BCUT2D eigenvalue weighted by Gasteiger charge is -2.10. The Labute approximate surface area is 155 Å². The number of hydrogen-bond donors (Lipinski definition) is 2. The molecule has 0 atom stereocenters. The van der Waals surface area contributed by atoms with E-state index in [0.717, 1.165) is 33.9 Å². The van der Waals surface area contributed by atoms with Gasteiger partial charge in [-0.05, 0) is 31.2 Å². The Hall–Kier alpha value is -3.74. The van der Waals surface area contributed by atoms with E-state index < -0.39 is 0 Å². The molecule has 0 aliphatic heterocycles. The lowest BCUT2D eigenvalue weighted by Crippen LogP contribution is -2.09. The minimum atomic E-state index is 0.522. The third-order valence-corrected chi connectivity index (χ3v) is 4.47. The molecule has 5 aromatic rings. The number of anilines is 1. The van der Waals surface area contributed by atoms with Gasteiger partial charge in [0, 0.05) is 5.69 Å². The van der Waals surface area contributed by atoms with Gasteiger partial charge in [0.15, 0.2) is 11.5 Å². The van der Waals surface area contributed by atoms with Crippen molar-refractivity contribution in [1.29, 1.82) is 0 Å². The van der Waals surface area contributed by atoms with Gasteiger partial charge in [-0.15, -0.1) is 0 Å². The van der Waals surface area contributed by atoms with E-state index in [4.69, 9.17) is 4.98 Å². The summed E-state index contributed by atoms with van der Waals surface area (Å²) in [7, 11) is 0. The normalized spacial score (nSPS) is 11.3. The van der Waals surface area contributed by atoms with E-state index in [2.05, 4.69) is 48.0 Å². The van der Waals surface area contributed by atoms with Crippen LogP contribution in [0.1, 0.15) is 11.6 Å². The zero-order valence-electron chi connectivity index (χ0n) is 14.7. The van der Waals surface area contributed by atoms with E-state index in [1.807, 2.05) is 43.3 Å². The van der Waals surface area contributed by atoms with Crippen molar-refractivity contribution in [2.45, 2.75) is 13.5 Å². The van der Waals surface area contributed by atoms with Gasteiger partial charge in [0.2, 0.25) is 0 Å². The van der Waals surface area contributed by atoms with Gasteiger partial charge in [0.05, 0.1) is 17.6 Å². The number of aryl methyl sites for hydroxylation is 1. The van der Waals surface area contributed by atoms with Crippen LogP contribution in [0.25, 0.3) is 27.9 Å². The minimum Gasteiger partial charge on any atom is -0.361 e. The van der Waals surface area contributed by atoms with Gasteiger partial charge in [-0.2, -0.15) is 0 Å². The zero-order valence-corrected chi connectivity index (χ0v) is 14.7. The highest BCUT2D eigenvalue weighted by atomic mass is 15.1. The van der Waals surface area contributed by atoms with Crippen LogP contribution in [0.4, 0.5) is 5.82 Å². The molecule has 0 saturated carbocycles. The summed E-state index contributed by atoms with van der Waals surface area (Å²) < 4.78 is 2.17. The summed E-state index contributed by atoms with van der Waals surface area (Å²) in [5, 5.41) is 3.38. The zero-order chi connectivity index (χ0) is 18.2. The van der Waals surface area contributed by atoms with Crippen LogP contribution in [0.5, 0.6) is 0 Å². The second-order valence-electron chi connectivity index (χ2n) is 6.28. The number of H-pyrrole nitrogens is 1. The van der Waals surface area contributed by atoms with Gasteiger partial charge in [-0.3, -0.25) is 4.57 Å². The van der Waals surface area contributed by atoms with Gasteiger partial charge < -0.3 is 10.3 Å². The number of nitrogens with one attached hydrogen (secondary N) is 2. The van der Waals surface area contributed by atoms with Gasteiger partial charge in [0.1, 0.15) is 23.5 Å². The van der Waals surface area contributed by atoms with Crippen LogP contribution in [0.15, 0.2) is 60.9 Å². The number of hydrogen-bond acceptors (Lipinski definition) is 5. The second kappa shape index (κ2) is 6.21. The molecule has 0 fully saturated rings. The van der Waals surface area contributed by atoms with Crippen molar-refractivity contribution in [2.24, 2.45) is 0 Å². The number of rotatable bonds is 4. The molecule has 3 heterocycles. The Morgan fingerprint density at radius 2 is 1.78 bits per heavy atom. The molecule has 7 heteroatoms. The van der Waals surface area contributed by atoms with E-state index in [1.165, 1.54) is 6.33 Å². The van der Waals surface area contributed by atoms with Crippen molar-refractivity contribution in [3.63, 3.8) is 0 Å². The van der Waals surface area contributed by atoms with Gasteiger partial charge in [-0.1, -0.05) is 30.3 Å². The summed E-state index contributed by atoms with van der Waals surface area (Å²) in [6, 6.07) is 18.4. The van der Waals surface area contributed by atoms with Crippen molar-refractivity contribution >= 4 is 28.0 Å². The van der Waals surface area contributed by atoms with Crippen LogP contribution in [0, 0.1) is 6.92 Å². The number of para-hydroxylation sites is 3. The molecule has 0 amide bonds. The van der Waals surface area contributed by atoms with Crippen molar-refractivity contribution in [3.8, 4) is 5.69 Å². The molecular weight excluding hydrogens is 338 g/mol. The van der Waals surface area contributed by atoms with Gasteiger partial charge in [-0.25, -0.2) is 19.9 Å². The second-order valence-corrected chi connectivity index (χ2v) is 6.28.